The molecule has 0 aliphatic carbocycles. The molecular formula is C13H16F3N3O6. The number of hydrogen-bond acceptors (Lipinski definition) is 7. The molecule has 0 unspecified atom stereocenters. The molecule has 0 atom stereocenters. The number of nitrogens with zero attached hydrogens (tertiary/aromatic N) is 2. The second-order valence-electron chi connectivity index (χ2n) is 4.67. The van der Waals surface area contributed by atoms with Crippen LogP contribution in [0.5, 0.6) is 5.75 Å². The van der Waals surface area contributed by atoms with Gasteiger partial charge in [0.05, 0.1) is 29.6 Å². The molecule has 3 N–H and O–H groups in total. The maximum atomic E-state index is 11.4. The van der Waals surface area contributed by atoms with Crippen molar-refractivity contribution in [2.24, 2.45) is 0 Å². The van der Waals surface area contributed by atoms with Gasteiger partial charge in [-0.15, -0.1) is 0 Å². The van der Waals surface area contributed by atoms with E-state index in [0.29, 0.717) is 12.2 Å². The highest BCUT2D eigenvalue weighted by molar-refractivity contribution is 5.76. The van der Waals surface area contributed by atoms with E-state index in [4.69, 9.17) is 14.6 Å². The lowest BCUT2D eigenvalue weighted by Gasteiger charge is -2.16. The average Bonchev–Trinajstić information content (AvgIpc) is 2.46. The summed E-state index contributed by atoms with van der Waals surface area (Å²) in [5.74, 6) is -3.27. The SMILES string of the molecule is CN(C)c1ccc([N+](=O)[O-])cc1OC(=O)CC[NH3+].O=C([O-])C(F)(F)F. The van der Waals surface area contributed by atoms with E-state index in [9.17, 15) is 28.1 Å². The van der Waals surface area contributed by atoms with Gasteiger partial charge in [0.1, 0.15) is 5.97 Å². The zero-order valence-corrected chi connectivity index (χ0v) is 13.3. The molecule has 0 saturated carbocycles. The summed E-state index contributed by atoms with van der Waals surface area (Å²) < 4.78 is 36.7. The Morgan fingerprint density at radius 1 is 1.32 bits per heavy atom. The Bertz CT molecular complexity index is 634. The van der Waals surface area contributed by atoms with Crippen molar-refractivity contribution in [3.05, 3.63) is 28.3 Å². The van der Waals surface area contributed by atoms with Crippen molar-refractivity contribution in [3.63, 3.8) is 0 Å². The van der Waals surface area contributed by atoms with Crippen LogP contribution in [0, 0.1) is 10.1 Å². The van der Waals surface area contributed by atoms with Crippen LogP contribution in [-0.2, 0) is 9.59 Å². The van der Waals surface area contributed by atoms with E-state index in [1.165, 1.54) is 12.1 Å². The van der Waals surface area contributed by atoms with E-state index in [1.807, 2.05) is 0 Å². The molecule has 0 aromatic heterocycles. The zero-order valence-electron chi connectivity index (χ0n) is 13.3. The van der Waals surface area contributed by atoms with Gasteiger partial charge in [0.25, 0.3) is 5.69 Å². The standard InChI is InChI=1S/C11H15N3O4.C2HF3O2/c1-13(2)9-4-3-8(14(16)17)7-10(9)18-11(15)5-6-12;3-2(4,5)1(6)7/h3-4,7H,5-6,12H2,1-2H3;(H,6,7). The summed E-state index contributed by atoms with van der Waals surface area (Å²) in [5.41, 5.74) is 4.05. The molecule has 25 heavy (non-hydrogen) atoms. The molecule has 9 nitrogen and oxygen atoms in total. The minimum atomic E-state index is -5.19. The molecule has 0 bridgehead atoms. The highest BCUT2D eigenvalue weighted by atomic mass is 19.4. The van der Waals surface area contributed by atoms with Crippen molar-refractivity contribution < 1.29 is 43.3 Å². The van der Waals surface area contributed by atoms with Gasteiger partial charge in [0.2, 0.25) is 0 Å². The summed E-state index contributed by atoms with van der Waals surface area (Å²) in [4.78, 5) is 32.1. The lowest BCUT2D eigenvalue weighted by Crippen LogP contribution is -2.51. The zero-order chi connectivity index (χ0) is 19.8. The first-order chi connectivity index (χ1) is 11.4. The predicted octanol–water partition coefficient (Wildman–Crippen LogP) is -0.503. The fourth-order valence-corrected chi connectivity index (χ4v) is 1.39. The highest BCUT2D eigenvalue weighted by Crippen LogP contribution is 2.31. The van der Waals surface area contributed by atoms with Crippen molar-refractivity contribution >= 4 is 23.3 Å². The monoisotopic (exact) mass is 367 g/mol. The quantitative estimate of drug-likeness (QED) is 0.320. The number of esters is 1. The molecule has 1 rings (SSSR count). The van der Waals surface area contributed by atoms with Gasteiger partial charge in [-0.2, -0.15) is 13.2 Å². The largest absolute Gasteiger partial charge is 0.542 e. The number of anilines is 1. The normalized spacial score (nSPS) is 10.3. The smallest absolute Gasteiger partial charge is 0.430 e. The average molecular weight is 367 g/mol. The van der Waals surface area contributed by atoms with Gasteiger partial charge in [-0.3, -0.25) is 14.9 Å². The van der Waals surface area contributed by atoms with Crippen LogP contribution in [0.15, 0.2) is 18.2 Å². The lowest BCUT2D eigenvalue weighted by molar-refractivity contribution is -0.384. The molecule has 0 spiro atoms. The van der Waals surface area contributed by atoms with Crippen molar-refractivity contribution in [1.82, 2.24) is 0 Å². The number of nitro benzene ring substituents is 1. The maximum Gasteiger partial charge on any atom is 0.430 e. The topological polar surface area (TPSA) is 140 Å². The van der Waals surface area contributed by atoms with Crippen molar-refractivity contribution in [3.8, 4) is 5.75 Å². The molecule has 0 saturated heterocycles. The summed E-state index contributed by atoms with van der Waals surface area (Å²) in [6.45, 7) is 0.422. The van der Waals surface area contributed by atoms with Gasteiger partial charge in [-0.1, -0.05) is 0 Å². The molecule has 12 heteroatoms. The molecule has 0 aliphatic heterocycles. The Kier molecular flexibility index (Phi) is 8.33. The van der Waals surface area contributed by atoms with E-state index < -0.39 is 23.0 Å². The Morgan fingerprint density at radius 2 is 1.84 bits per heavy atom. The van der Waals surface area contributed by atoms with E-state index >= 15 is 0 Å². The second kappa shape index (κ2) is 9.42. The maximum absolute atomic E-state index is 11.4. The molecule has 1 aromatic rings. The van der Waals surface area contributed by atoms with Gasteiger partial charge in [-0.25, -0.2) is 0 Å². The van der Waals surface area contributed by atoms with Gasteiger partial charge in [-0.05, 0) is 6.07 Å². The van der Waals surface area contributed by atoms with E-state index in [0.717, 1.165) is 0 Å². The van der Waals surface area contributed by atoms with Crippen molar-refractivity contribution in [2.45, 2.75) is 12.6 Å². The van der Waals surface area contributed by atoms with Gasteiger partial charge >= 0.3 is 12.1 Å². The number of non-ortho nitro benzene ring substituents is 1. The van der Waals surface area contributed by atoms with Crippen LogP contribution < -0.4 is 20.5 Å². The highest BCUT2D eigenvalue weighted by Gasteiger charge is 2.28. The third-order valence-corrected chi connectivity index (χ3v) is 2.47. The number of quaternary nitrogens is 1. The first-order valence-electron chi connectivity index (χ1n) is 6.64. The Morgan fingerprint density at radius 3 is 2.20 bits per heavy atom. The first kappa shape index (κ1) is 22.1. The molecule has 1 aromatic carbocycles. The minimum absolute atomic E-state index is 0.113. The van der Waals surface area contributed by atoms with Gasteiger partial charge in [0, 0.05) is 20.2 Å². The number of aliphatic carboxylic acids is 1. The molecule has 0 fully saturated rings. The van der Waals surface area contributed by atoms with Crippen molar-refractivity contribution in [1.29, 1.82) is 0 Å². The number of hydrogen-bond donors (Lipinski definition) is 1. The predicted molar refractivity (Wildman–Crippen MR) is 76.5 cm³/mol. The Balaban J connectivity index is 0.000000697. The summed E-state index contributed by atoms with van der Waals surface area (Å²) >= 11 is 0. The third-order valence-electron chi connectivity index (χ3n) is 2.47. The number of nitro groups is 1. The molecular weight excluding hydrogens is 351 g/mol. The molecule has 0 aliphatic rings. The van der Waals surface area contributed by atoms with Crippen LogP contribution in [-0.4, -0.2) is 43.7 Å². The number of carbonyl (C=O) groups excluding carboxylic acids is 2. The van der Waals surface area contributed by atoms with E-state index in [-0.39, 0.29) is 17.9 Å². The van der Waals surface area contributed by atoms with Crippen LogP contribution in [0.1, 0.15) is 6.42 Å². The number of carboxylic acid groups (broad SMARTS) is 1. The summed E-state index contributed by atoms with van der Waals surface area (Å²) in [6, 6.07) is 4.16. The number of benzene rings is 1. The van der Waals surface area contributed by atoms with Crippen LogP contribution in [0.4, 0.5) is 24.5 Å². The molecule has 0 heterocycles. The minimum Gasteiger partial charge on any atom is -0.542 e. The number of carboxylic acids is 1. The number of carbonyl (C=O) groups is 2. The Labute approximate surface area is 139 Å². The van der Waals surface area contributed by atoms with Crippen LogP contribution >= 0.6 is 0 Å². The number of ether oxygens (including phenoxy) is 1. The molecule has 0 radical (unpaired) electrons. The number of alkyl halides is 3. The second-order valence-corrected chi connectivity index (χ2v) is 4.67. The molecule has 0 amide bonds. The third kappa shape index (κ3) is 7.97. The summed E-state index contributed by atoms with van der Waals surface area (Å²) in [7, 11) is 3.53. The Hall–Kier alpha value is -2.89. The summed E-state index contributed by atoms with van der Waals surface area (Å²) in [6.07, 6.45) is -5.02. The number of rotatable bonds is 5. The fraction of sp³-hybridized carbons (Fsp3) is 0.385. The van der Waals surface area contributed by atoms with E-state index in [2.05, 4.69) is 5.73 Å². The van der Waals surface area contributed by atoms with E-state index in [1.54, 1.807) is 25.1 Å². The van der Waals surface area contributed by atoms with Crippen LogP contribution in [0.25, 0.3) is 0 Å². The lowest BCUT2D eigenvalue weighted by atomic mass is 10.2. The van der Waals surface area contributed by atoms with Crippen LogP contribution in [0.2, 0.25) is 0 Å². The first-order valence-corrected chi connectivity index (χ1v) is 6.64. The van der Waals surface area contributed by atoms with Crippen LogP contribution in [0.3, 0.4) is 0 Å². The van der Waals surface area contributed by atoms with Gasteiger partial charge < -0.3 is 25.3 Å². The number of halogens is 3. The van der Waals surface area contributed by atoms with Gasteiger partial charge in [0.15, 0.2) is 5.75 Å². The molecule has 140 valence electrons. The summed E-state index contributed by atoms with van der Waals surface area (Å²) in [5, 5.41) is 19.5. The van der Waals surface area contributed by atoms with Crippen molar-refractivity contribution in [2.75, 3.05) is 25.5 Å². The fourth-order valence-electron chi connectivity index (χ4n) is 1.39.